The van der Waals surface area contributed by atoms with Crippen molar-refractivity contribution in [3.63, 3.8) is 0 Å². The van der Waals surface area contributed by atoms with Crippen LogP contribution >= 0.6 is 22.9 Å². The van der Waals surface area contributed by atoms with E-state index in [1.807, 2.05) is 37.3 Å². The van der Waals surface area contributed by atoms with Gasteiger partial charge in [0.25, 0.3) is 0 Å². The molecule has 0 spiro atoms. The first-order valence-electron chi connectivity index (χ1n) is 7.47. The average Bonchev–Trinajstić information content (AvgIpc) is 3.00. The van der Waals surface area contributed by atoms with Crippen molar-refractivity contribution in [1.29, 1.82) is 0 Å². The second kappa shape index (κ2) is 7.11. The molecule has 0 saturated heterocycles. The summed E-state index contributed by atoms with van der Waals surface area (Å²) in [6.07, 6.45) is 0.316. The van der Waals surface area contributed by atoms with E-state index in [1.165, 1.54) is 22.5 Å². The highest BCUT2D eigenvalue weighted by Gasteiger charge is 2.10. The molecular weight excluding hydrogens is 342 g/mol. The van der Waals surface area contributed by atoms with E-state index in [9.17, 15) is 4.79 Å². The lowest BCUT2D eigenvalue weighted by molar-refractivity contribution is -0.115. The summed E-state index contributed by atoms with van der Waals surface area (Å²) in [4.78, 5) is 12.2. The van der Waals surface area contributed by atoms with Gasteiger partial charge in [0, 0.05) is 10.6 Å². The highest BCUT2D eigenvalue weighted by atomic mass is 35.5. The number of carbonyl (C=O) groups excluding carboxylic acids is 1. The number of halogens is 1. The predicted molar refractivity (Wildman–Crippen MR) is 98.6 cm³/mol. The van der Waals surface area contributed by atoms with Crippen LogP contribution in [0.25, 0.3) is 10.6 Å². The lowest BCUT2D eigenvalue weighted by Crippen LogP contribution is -2.14. The highest BCUT2D eigenvalue weighted by Crippen LogP contribution is 2.27. The number of amides is 1. The van der Waals surface area contributed by atoms with Crippen molar-refractivity contribution < 1.29 is 4.79 Å². The monoisotopic (exact) mass is 357 g/mol. The number of anilines is 1. The zero-order chi connectivity index (χ0) is 17.1. The quantitative estimate of drug-likeness (QED) is 0.739. The summed E-state index contributed by atoms with van der Waals surface area (Å²) in [6, 6.07) is 13.4. The van der Waals surface area contributed by atoms with Crippen LogP contribution in [-0.4, -0.2) is 16.1 Å². The van der Waals surface area contributed by atoms with Gasteiger partial charge in [-0.3, -0.25) is 4.79 Å². The molecule has 0 bridgehead atoms. The first-order valence-corrected chi connectivity index (χ1v) is 8.66. The summed E-state index contributed by atoms with van der Waals surface area (Å²) in [6.45, 7) is 4.10. The van der Waals surface area contributed by atoms with Crippen LogP contribution in [0.5, 0.6) is 0 Å². The van der Waals surface area contributed by atoms with Crippen molar-refractivity contribution in [2.24, 2.45) is 0 Å². The Balaban J connectivity index is 1.66. The van der Waals surface area contributed by atoms with Crippen LogP contribution in [0.1, 0.15) is 16.7 Å². The Hall–Kier alpha value is -2.24. The normalized spacial score (nSPS) is 10.6. The summed E-state index contributed by atoms with van der Waals surface area (Å²) in [7, 11) is 0. The Kier molecular flexibility index (Phi) is 4.92. The lowest BCUT2D eigenvalue weighted by Gasteiger charge is -2.05. The maximum atomic E-state index is 12.2. The molecule has 3 aromatic rings. The van der Waals surface area contributed by atoms with Crippen molar-refractivity contribution in [3.8, 4) is 10.6 Å². The van der Waals surface area contributed by atoms with E-state index < -0.39 is 0 Å². The number of nitrogens with zero attached hydrogens (tertiary/aromatic N) is 2. The zero-order valence-electron chi connectivity index (χ0n) is 13.3. The molecule has 0 aliphatic carbocycles. The van der Waals surface area contributed by atoms with Crippen LogP contribution in [0.3, 0.4) is 0 Å². The third-order valence-corrected chi connectivity index (χ3v) is 4.84. The maximum Gasteiger partial charge on any atom is 0.230 e. The Bertz CT molecular complexity index is 874. The van der Waals surface area contributed by atoms with Gasteiger partial charge in [-0.05, 0) is 42.7 Å². The SMILES string of the molecule is Cc1ccc(CC(=O)Nc2nnc(-c3ccc(Cl)cc3)s2)cc1C. The smallest absolute Gasteiger partial charge is 0.230 e. The second-order valence-electron chi connectivity index (χ2n) is 5.56. The van der Waals surface area contributed by atoms with E-state index >= 15 is 0 Å². The third-order valence-electron chi connectivity index (χ3n) is 3.70. The van der Waals surface area contributed by atoms with Crippen LogP contribution < -0.4 is 5.32 Å². The molecule has 0 aliphatic rings. The minimum Gasteiger partial charge on any atom is -0.300 e. The molecule has 0 fully saturated rings. The number of carbonyl (C=O) groups is 1. The van der Waals surface area contributed by atoms with Gasteiger partial charge in [-0.2, -0.15) is 0 Å². The molecule has 1 amide bonds. The van der Waals surface area contributed by atoms with E-state index in [0.29, 0.717) is 16.6 Å². The summed E-state index contributed by atoms with van der Waals surface area (Å²) >= 11 is 7.22. The van der Waals surface area contributed by atoms with E-state index in [2.05, 4.69) is 22.4 Å². The Morgan fingerprint density at radius 3 is 2.54 bits per heavy atom. The van der Waals surface area contributed by atoms with Gasteiger partial charge in [0.05, 0.1) is 6.42 Å². The van der Waals surface area contributed by atoms with E-state index in [-0.39, 0.29) is 5.91 Å². The average molecular weight is 358 g/mol. The van der Waals surface area contributed by atoms with Gasteiger partial charge in [-0.1, -0.05) is 53.3 Å². The number of rotatable bonds is 4. The molecule has 24 heavy (non-hydrogen) atoms. The fourth-order valence-electron chi connectivity index (χ4n) is 2.25. The fraction of sp³-hybridized carbons (Fsp3) is 0.167. The van der Waals surface area contributed by atoms with Gasteiger partial charge in [0.2, 0.25) is 11.0 Å². The predicted octanol–water partition coefficient (Wildman–Crippen LogP) is 4.66. The van der Waals surface area contributed by atoms with Gasteiger partial charge in [0.1, 0.15) is 5.01 Å². The van der Waals surface area contributed by atoms with Crippen molar-refractivity contribution in [2.45, 2.75) is 20.3 Å². The molecule has 0 radical (unpaired) electrons. The van der Waals surface area contributed by atoms with Crippen LogP contribution in [0, 0.1) is 13.8 Å². The summed E-state index contributed by atoms with van der Waals surface area (Å²) in [5, 5.41) is 12.9. The molecule has 6 heteroatoms. The van der Waals surface area contributed by atoms with Crippen LogP contribution in [-0.2, 0) is 11.2 Å². The second-order valence-corrected chi connectivity index (χ2v) is 6.98. The molecule has 2 aromatic carbocycles. The number of aromatic nitrogens is 2. The summed E-state index contributed by atoms with van der Waals surface area (Å²) in [5.41, 5.74) is 4.31. The van der Waals surface area contributed by atoms with Crippen LogP contribution in [0.2, 0.25) is 5.02 Å². The van der Waals surface area contributed by atoms with Crippen LogP contribution in [0.15, 0.2) is 42.5 Å². The van der Waals surface area contributed by atoms with E-state index in [0.717, 1.165) is 16.1 Å². The Morgan fingerprint density at radius 2 is 1.83 bits per heavy atom. The molecule has 3 rings (SSSR count). The minimum absolute atomic E-state index is 0.0999. The fourth-order valence-corrected chi connectivity index (χ4v) is 3.14. The van der Waals surface area contributed by atoms with Crippen LogP contribution in [0.4, 0.5) is 5.13 Å². The van der Waals surface area contributed by atoms with Gasteiger partial charge in [-0.25, -0.2) is 0 Å². The standard InChI is InChI=1S/C18H16ClN3OS/c1-11-3-4-13(9-12(11)2)10-16(23)20-18-22-21-17(24-18)14-5-7-15(19)8-6-14/h3-9H,10H2,1-2H3,(H,20,22,23). The number of aryl methyl sites for hydroxylation is 2. The van der Waals surface area contributed by atoms with Crippen molar-refractivity contribution in [1.82, 2.24) is 10.2 Å². The Labute approximate surface area is 149 Å². The van der Waals surface area contributed by atoms with Gasteiger partial charge >= 0.3 is 0 Å². The van der Waals surface area contributed by atoms with E-state index in [1.54, 1.807) is 12.1 Å². The van der Waals surface area contributed by atoms with Crippen molar-refractivity contribution in [3.05, 3.63) is 64.2 Å². The minimum atomic E-state index is -0.0999. The third kappa shape index (κ3) is 3.99. The molecule has 0 unspecified atom stereocenters. The molecule has 1 N–H and O–H groups in total. The number of hydrogen-bond acceptors (Lipinski definition) is 4. The molecule has 1 aromatic heterocycles. The molecule has 0 aliphatic heterocycles. The number of nitrogens with one attached hydrogen (secondary N) is 1. The molecule has 122 valence electrons. The zero-order valence-corrected chi connectivity index (χ0v) is 14.9. The Morgan fingerprint density at radius 1 is 1.08 bits per heavy atom. The summed E-state index contributed by atoms with van der Waals surface area (Å²) in [5.74, 6) is -0.0999. The van der Waals surface area contributed by atoms with Gasteiger partial charge < -0.3 is 5.32 Å². The van der Waals surface area contributed by atoms with E-state index in [4.69, 9.17) is 11.6 Å². The molecule has 4 nitrogen and oxygen atoms in total. The maximum absolute atomic E-state index is 12.2. The van der Waals surface area contributed by atoms with Crippen molar-refractivity contribution >= 4 is 34.0 Å². The van der Waals surface area contributed by atoms with Gasteiger partial charge in [0.15, 0.2) is 0 Å². The molecular formula is C18H16ClN3OS. The molecule has 0 saturated carbocycles. The van der Waals surface area contributed by atoms with Crippen molar-refractivity contribution in [2.75, 3.05) is 5.32 Å². The number of hydrogen-bond donors (Lipinski definition) is 1. The number of benzene rings is 2. The highest BCUT2D eigenvalue weighted by molar-refractivity contribution is 7.18. The lowest BCUT2D eigenvalue weighted by atomic mass is 10.0. The molecule has 1 heterocycles. The van der Waals surface area contributed by atoms with Gasteiger partial charge in [-0.15, -0.1) is 10.2 Å². The largest absolute Gasteiger partial charge is 0.300 e. The topological polar surface area (TPSA) is 54.9 Å². The first kappa shape index (κ1) is 16.6. The first-order chi connectivity index (χ1) is 11.5. The molecule has 0 atom stereocenters. The summed E-state index contributed by atoms with van der Waals surface area (Å²) < 4.78 is 0.